The molecule has 0 saturated heterocycles. The van der Waals surface area contributed by atoms with Crippen LogP contribution in [0.5, 0.6) is 0 Å². The van der Waals surface area contributed by atoms with Gasteiger partial charge in [0.2, 0.25) is 0 Å². The lowest BCUT2D eigenvalue weighted by atomic mass is 9.98. The van der Waals surface area contributed by atoms with E-state index < -0.39 is 0 Å². The molecule has 2 aromatic rings. The summed E-state index contributed by atoms with van der Waals surface area (Å²) in [5, 5.41) is 4.14. The van der Waals surface area contributed by atoms with E-state index >= 15 is 0 Å². The molecular formula is C16H19ClN2. The van der Waals surface area contributed by atoms with Crippen LogP contribution in [-0.2, 0) is 6.42 Å². The van der Waals surface area contributed by atoms with Gasteiger partial charge in [-0.15, -0.1) is 0 Å². The van der Waals surface area contributed by atoms with Crippen LogP contribution >= 0.6 is 11.6 Å². The first-order valence-corrected chi connectivity index (χ1v) is 6.83. The van der Waals surface area contributed by atoms with Gasteiger partial charge in [-0.3, -0.25) is 4.98 Å². The SMILES string of the molecule is CNC(Cc1ncccc1C)c1cc(C)cc(Cl)c1. The van der Waals surface area contributed by atoms with Crippen molar-refractivity contribution in [3.63, 3.8) is 0 Å². The van der Waals surface area contributed by atoms with Gasteiger partial charge >= 0.3 is 0 Å². The molecule has 1 heterocycles. The molecule has 3 heteroatoms. The predicted molar refractivity (Wildman–Crippen MR) is 80.7 cm³/mol. The maximum Gasteiger partial charge on any atom is 0.0451 e. The number of aromatic nitrogens is 1. The van der Waals surface area contributed by atoms with Gasteiger partial charge in [-0.2, -0.15) is 0 Å². The van der Waals surface area contributed by atoms with E-state index in [2.05, 4.69) is 36.3 Å². The molecule has 100 valence electrons. The van der Waals surface area contributed by atoms with Gasteiger partial charge in [0.1, 0.15) is 0 Å². The molecule has 2 nitrogen and oxygen atoms in total. The minimum Gasteiger partial charge on any atom is -0.313 e. The monoisotopic (exact) mass is 274 g/mol. The standard InChI is InChI=1S/C16H19ClN2/c1-11-7-13(9-14(17)8-11)16(18-3)10-15-12(2)5-4-6-19-15/h4-9,16,18H,10H2,1-3H3. The van der Waals surface area contributed by atoms with Gasteiger partial charge in [-0.1, -0.05) is 23.7 Å². The molecule has 0 aliphatic rings. The smallest absolute Gasteiger partial charge is 0.0451 e. The lowest BCUT2D eigenvalue weighted by Crippen LogP contribution is -2.20. The van der Waals surface area contributed by atoms with Gasteiger partial charge in [0.25, 0.3) is 0 Å². The van der Waals surface area contributed by atoms with E-state index in [1.807, 2.05) is 31.4 Å². The highest BCUT2D eigenvalue weighted by Gasteiger charge is 2.13. The van der Waals surface area contributed by atoms with Gasteiger partial charge in [0.05, 0.1) is 0 Å². The molecule has 2 rings (SSSR count). The zero-order valence-corrected chi connectivity index (χ0v) is 12.3. The highest BCUT2D eigenvalue weighted by Crippen LogP contribution is 2.23. The van der Waals surface area contributed by atoms with Crippen molar-refractivity contribution < 1.29 is 0 Å². The van der Waals surface area contributed by atoms with E-state index in [4.69, 9.17) is 11.6 Å². The minimum atomic E-state index is 0.228. The van der Waals surface area contributed by atoms with Crippen molar-refractivity contribution in [3.05, 3.63) is 63.9 Å². The molecule has 0 radical (unpaired) electrons. The second kappa shape index (κ2) is 6.18. The van der Waals surface area contributed by atoms with Crippen LogP contribution in [0, 0.1) is 13.8 Å². The van der Waals surface area contributed by atoms with E-state index in [1.165, 1.54) is 16.7 Å². The Bertz CT molecular complexity index is 546. The fraction of sp³-hybridized carbons (Fsp3) is 0.312. The normalized spacial score (nSPS) is 12.4. The lowest BCUT2D eigenvalue weighted by Gasteiger charge is -2.18. The third kappa shape index (κ3) is 3.55. The zero-order chi connectivity index (χ0) is 13.8. The maximum atomic E-state index is 6.14. The third-order valence-corrected chi connectivity index (χ3v) is 3.55. The quantitative estimate of drug-likeness (QED) is 0.916. The summed E-state index contributed by atoms with van der Waals surface area (Å²) in [5.41, 5.74) is 4.74. The summed E-state index contributed by atoms with van der Waals surface area (Å²) >= 11 is 6.14. The first-order valence-electron chi connectivity index (χ1n) is 6.45. The lowest BCUT2D eigenvalue weighted by molar-refractivity contribution is 0.582. The van der Waals surface area contributed by atoms with E-state index in [-0.39, 0.29) is 6.04 Å². The van der Waals surface area contributed by atoms with Gasteiger partial charge < -0.3 is 5.32 Å². The summed E-state index contributed by atoms with van der Waals surface area (Å²) in [6, 6.07) is 10.5. The Kier molecular flexibility index (Phi) is 4.56. The fourth-order valence-electron chi connectivity index (χ4n) is 2.28. The Hall–Kier alpha value is -1.38. The predicted octanol–water partition coefficient (Wildman–Crippen LogP) is 3.86. The Balaban J connectivity index is 2.28. The van der Waals surface area contributed by atoms with Crippen molar-refractivity contribution >= 4 is 11.6 Å². The van der Waals surface area contributed by atoms with Crippen LogP contribution in [0.25, 0.3) is 0 Å². The van der Waals surface area contributed by atoms with Gasteiger partial charge in [-0.05, 0) is 55.8 Å². The molecule has 1 atom stereocenters. The molecule has 0 bridgehead atoms. The number of nitrogens with zero attached hydrogens (tertiary/aromatic N) is 1. The first-order chi connectivity index (χ1) is 9.10. The van der Waals surface area contributed by atoms with Crippen LogP contribution in [-0.4, -0.2) is 12.0 Å². The molecule has 1 N–H and O–H groups in total. The van der Waals surface area contributed by atoms with Crippen LogP contribution in [0.1, 0.15) is 28.4 Å². The number of halogens is 1. The molecule has 1 aromatic carbocycles. The van der Waals surface area contributed by atoms with Crippen molar-refractivity contribution in [3.8, 4) is 0 Å². The van der Waals surface area contributed by atoms with Crippen molar-refractivity contribution in [2.75, 3.05) is 7.05 Å². The molecule has 19 heavy (non-hydrogen) atoms. The van der Waals surface area contributed by atoms with Crippen LogP contribution < -0.4 is 5.32 Å². The van der Waals surface area contributed by atoms with Gasteiger partial charge in [-0.25, -0.2) is 0 Å². The topological polar surface area (TPSA) is 24.9 Å². The van der Waals surface area contributed by atoms with Gasteiger partial charge in [0, 0.05) is 29.4 Å². The third-order valence-electron chi connectivity index (χ3n) is 3.33. The summed E-state index contributed by atoms with van der Waals surface area (Å²) < 4.78 is 0. The van der Waals surface area contributed by atoms with E-state index in [0.717, 1.165) is 17.1 Å². The summed E-state index contributed by atoms with van der Waals surface area (Å²) in [5.74, 6) is 0. The van der Waals surface area contributed by atoms with E-state index in [9.17, 15) is 0 Å². The molecule has 1 unspecified atom stereocenters. The molecule has 0 saturated carbocycles. The largest absolute Gasteiger partial charge is 0.313 e. The number of benzene rings is 1. The summed E-state index contributed by atoms with van der Waals surface area (Å²) in [6.07, 6.45) is 2.71. The van der Waals surface area contributed by atoms with Crippen molar-refractivity contribution in [2.45, 2.75) is 26.3 Å². The Labute approximate surface area is 119 Å². The van der Waals surface area contributed by atoms with Crippen LogP contribution in [0.15, 0.2) is 36.5 Å². The summed E-state index contributed by atoms with van der Waals surface area (Å²) in [7, 11) is 1.97. The van der Waals surface area contributed by atoms with Crippen molar-refractivity contribution in [2.24, 2.45) is 0 Å². The Morgan fingerprint density at radius 3 is 2.68 bits per heavy atom. The highest BCUT2D eigenvalue weighted by atomic mass is 35.5. The number of nitrogens with one attached hydrogen (secondary N) is 1. The molecule has 0 amide bonds. The van der Waals surface area contributed by atoms with E-state index in [1.54, 1.807) is 0 Å². The van der Waals surface area contributed by atoms with Gasteiger partial charge in [0.15, 0.2) is 0 Å². The first kappa shape index (κ1) is 14.0. The fourth-order valence-corrected chi connectivity index (χ4v) is 2.58. The number of hydrogen-bond acceptors (Lipinski definition) is 2. The second-order valence-electron chi connectivity index (χ2n) is 4.87. The molecule has 0 fully saturated rings. The minimum absolute atomic E-state index is 0.228. The number of pyridine rings is 1. The molecule has 0 spiro atoms. The average Bonchev–Trinajstić information content (AvgIpc) is 2.36. The summed E-state index contributed by atoms with van der Waals surface area (Å²) in [6.45, 7) is 4.16. The Morgan fingerprint density at radius 1 is 1.26 bits per heavy atom. The number of likely N-dealkylation sites (N-methyl/N-ethyl adjacent to an activating group) is 1. The van der Waals surface area contributed by atoms with Crippen LogP contribution in [0.3, 0.4) is 0 Å². The number of hydrogen-bond donors (Lipinski definition) is 1. The van der Waals surface area contributed by atoms with E-state index in [0.29, 0.717) is 0 Å². The average molecular weight is 275 g/mol. The number of aryl methyl sites for hydroxylation is 2. The van der Waals surface area contributed by atoms with Crippen LogP contribution in [0.2, 0.25) is 5.02 Å². The molecular weight excluding hydrogens is 256 g/mol. The zero-order valence-electron chi connectivity index (χ0n) is 11.6. The molecule has 1 aromatic heterocycles. The maximum absolute atomic E-state index is 6.14. The molecule has 0 aliphatic heterocycles. The molecule has 0 aliphatic carbocycles. The summed E-state index contributed by atoms with van der Waals surface area (Å²) in [4.78, 5) is 4.46. The highest BCUT2D eigenvalue weighted by molar-refractivity contribution is 6.30. The van der Waals surface area contributed by atoms with Crippen LogP contribution in [0.4, 0.5) is 0 Å². The van der Waals surface area contributed by atoms with Crippen molar-refractivity contribution in [1.82, 2.24) is 10.3 Å². The Morgan fingerprint density at radius 2 is 2.05 bits per heavy atom. The van der Waals surface area contributed by atoms with Crippen molar-refractivity contribution in [1.29, 1.82) is 0 Å². The number of rotatable bonds is 4. The second-order valence-corrected chi connectivity index (χ2v) is 5.31.